The zero-order valence-corrected chi connectivity index (χ0v) is 11.3. The first-order valence-electron chi connectivity index (χ1n) is 6.53. The fraction of sp³-hybridized carbons (Fsp3) is 0.571. The van der Waals surface area contributed by atoms with Crippen LogP contribution in [0.5, 0.6) is 5.75 Å². The van der Waals surface area contributed by atoms with E-state index in [9.17, 15) is 0 Å². The predicted molar refractivity (Wildman–Crippen MR) is 71.3 cm³/mol. The maximum Gasteiger partial charge on any atom is 0.126 e. The minimum atomic E-state index is -0.0966. The molecule has 2 unspecified atom stereocenters. The molecule has 0 saturated carbocycles. The normalized spacial score (nSPS) is 30.2. The second kappa shape index (κ2) is 4.72. The van der Waals surface area contributed by atoms with E-state index in [1.54, 1.807) is 0 Å². The van der Waals surface area contributed by atoms with Crippen LogP contribution in [0.2, 0.25) is 5.02 Å². The first-order valence-corrected chi connectivity index (χ1v) is 6.91. The van der Waals surface area contributed by atoms with E-state index in [1.165, 1.54) is 0 Å². The largest absolute Gasteiger partial charge is 0.485 e. The zero-order chi connectivity index (χ0) is 12.6. The SMILES string of the molecule is CCOC1CC2(CCNC2)Oc2ccc(Cl)cc21. The van der Waals surface area contributed by atoms with E-state index in [-0.39, 0.29) is 11.7 Å². The van der Waals surface area contributed by atoms with E-state index in [0.717, 1.165) is 42.3 Å². The molecule has 18 heavy (non-hydrogen) atoms. The molecule has 2 aliphatic heterocycles. The average Bonchev–Trinajstić information content (AvgIpc) is 2.79. The standard InChI is InChI=1S/C14H18ClNO2/c1-2-17-13-8-14(5-6-16-9-14)18-12-4-3-10(15)7-11(12)13/h3-4,7,13,16H,2,5-6,8-9H2,1H3. The maximum absolute atomic E-state index is 6.21. The zero-order valence-electron chi connectivity index (χ0n) is 10.5. The Bertz CT molecular complexity index is 443. The summed E-state index contributed by atoms with van der Waals surface area (Å²) >= 11 is 6.07. The third kappa shape index (κ3) is 2.11. The Morgan fingerprint density at radius 1 is 1.56 bits per heavy atom. The molecule has 3 nitrogen and oxygen atoms in total. The van der Waals surface area contributed by atoms with Gasteiger partial charge in [-0.15, -0.1) is 0 Å². The molecule has 1 aromatic rings. The Hall–Kier alpha value is -0.770. The Morgan fingerprint density at radius 3 is 3.17 bits per heavy atom. The molecule has 0 aliphatic carbocycles. The van der Waals surface area contributed by atoms with Crippen LogP contribution in [0.15, 0.2) is 18.2 Å². The number of hydrogen-bond acceptors (Lipinski definition) is 3. The summed E-state index contributed by atoms with van der Waals surface area (Å²) in [5, 5.41) is 4.12. The highest BCUT2D eigenvalue weighted by Gasteiger charge is 2.43. The third-order valence-corrected chi connectivity index (χ3v) is 4.01. The molecule has 0 radical (unpaired) electrons. The lowest BCUT2D eigenvalue weighted by Crippen LogP contribution is -2.43. The highest BCUT2D eigenvalue weighted by Crippen LogP contribution is 2.44. The summed E-state index contributed by atoms with van der Waals surface area (Å²) in [6.45, 7) is 4.65. The highest BCUT2D eigenvalue weighted by molar-refractivity contribution is 6.30. The van der Waals surface area contributed by atoms with E-state index in [1.807, 2.05) is 25.1 Å². The van der Waals surface area contributed by atoms with Crippen molar-refractivity contribution in [2.24, 2.45) is 0 Å². The first-order chi connectivity index (χ1) is 8.72. The van der Waals surface area contributed by atoms with E-state index < -0.39 is 0 Å². The van der Waals surface area contributed by atoms with Gasteiger partial charge in [-0.05, 0) is 31.7 Å². The van der Waals surface area contributed by atoms with Crippen LogP contribution in [0.3, 0.4) is 0 Å². The molecule has 2 heterocycles. The molecule has 3 rings (SSSR count). The molecule has 1 spiro atoms. The number of hydrogen-bond donors (Lipinski definition) is 1. The molecule has 2 aliphatic rings. The molecule has 2 atom stereocenters. The number of halogens is 1. The topological polar surface area (TPSA) is 30.5 Å². The van der Waals surface area contributed by atoms with Gasteiger partial charge in [0, 0.05) is 36.6 Å². The summed E-state index contributed by atoms with van der Waals surface area (Å²) in [7, 11) is 0. The van der Waals surface area contributed by atoms with Crippen molar-refractivity contribution in [2.45, 2.75) is 31.5 Å². The van der Waals surface area contributed by atoms with E-state index in [0.29, 0.717) is 6.61 Å². The van der Waals surface area contributed by atoms with Gasteiger partial charge in [0.15, 0.2) is 0 Å². The quantitative estimate of drug-likeness (QED) is 0.894. The summed E-state index contributed by atoms with van der Waals surface area (Å²) in [6, 6.07) is 5.81. The minimum absolute atomic E-state index is 0.0948. The van der Waals surface area contributed by atoms with Crippen LogP contribution in [-0.2, 0) is 4.74 Å². The van der Waals surface area contributed by atoms with Crippen LogP contribution >= 0.6 is 11.6 Å². The van der Waals surface area contributed by atoms with Crippen LogP contribution in [-0.4, -0.2) is 25.3 Å². The van der Waals surface area contributed by atoms with Crippen molar-refractivity contribution in [1.82, 2.24) is 5.32 Å². The second-order valence-electron chi connectivity index (χ2n) is 5.04. The summed E-state index contributed by atoms with van der Waals surface area (Å²) in [5.41, 5.74) is 0.989. The Balaban J connectivity index is 1.97. The molecule has 0 aromatic heterocycles. The van der Waals surface area contributed by atoms with Gasteiger partial charge in [0.1, 0.15) is 11.4 Å². The Morgan fingerprint density at radius 2 is 2.44 bits per heavy atom. The van der Waals surface area contributed by atoms with Gasteiger partial charge in [0.25, 0.3) is 0 Å². The van der Waals surface area contributed by atoms with E-state index >= 15 is 0 Å². The van der Waals surface area contributed by atoms with Crippen molar-refractivity contribution in [3.8, 4) is 5.75 Å². The molecule has 98 valence electrons. The lowest BCUT2D eigenvalue weighted by molar-refractivity contribution is -0.0353. The summed E-state index contributed by atoms with van der Waals surface area (Å²) in [5.74, 6) is 0.924. The first kappa shape index (κ1) is 12.3. The van der Waals surface area contributed by atoms with Gasteiger partial charge in [-0.1, -0.05) is 11.6 Å². The Labute approximate surface area is 112 Å². The highest BCUT2D eigenvalue weighted by atomic mass is 35.5. The average molecular weight is 268 g/mol. The molecule has 0 bridgehead atoms. The van der Waals surface area contributed by atoms with Crippen LogP contribution in [0.1, 0.15) is 31.4 Å². The van der Waals surface area contributed by atoms with Crippen molar-refractivity contribution >= 4 is 11.6 Å². The minimum Gasteiger partial charge on any atom is -0.485 e. The van der Waals surface area contributed by atoms with Crippen LogP contribution in [0.25, 0.3) is 0 Å². The fourth-order valence-electron chi connectivity index (χ4n) is 2.92. The van der Waals surface area contributed by atoms with Crippen molar-refractivity contribution < 1.29 is 9.47 Å². The van der Waals surface area contributed by atoms with Gasteiger partial charge in [-0.3, -0.25) is 0 Å². The third-order valence-electron chi connectivity index (χ3n) is 3.77. The van der Waals surface area contributed by atoms with Crippen molar-refractivity contribution in [1.29, 1.82) is 0 Å². The second-order valence-corrected chi connectivity index (χ2v) is 5.48. The van der Waals surface area contributed by atoms with Gasteiger partial charge < -0.3 is 14.8 Å². The molecular formula is C14H18ClNO2. The van der Waals surface area contributed by atoms with Gasteiger partial charge >= 0.3 is 0 Å². The number of fused-ring (bicyclic) bond motifs is 1. The van der Waals surface area contributed by atoms with Gasteiger partial charge in [0.2, 0.25) is 0 Å². The van der Waals surface area contributed by atoms with Crippen LogP contribution < -0.4 is 10.1 Å². The van der Waals surface area contributed by atoms with Crippen molar-refractivity contribution in [3.05, 3.63) is 28.8 Å². The van der Waals surface area contributed by atoms with Crippen molar-refractivity contribution in [2.75, 3.05) is 19.7 Å². The summed E-state index contributed by atoms with van der Waals surface area (Å²) < 4.78 is 12.1. The molecule has 4 heteroatoms. The number of benzene rings is 1. The summed E-state index contributed by atoms with van der Waals surface area (Å²) in [6.07, 6.45) is 2.04. The number of ether oxygens (including phenoxy) is 2. The smallest absolute Gasteiger partial charge is 0.126 e. The number of nitrogens with one attached hydrogen (secondary N) is 1. The van der Waals surface area contributed by atoms with Gasteiger partial charge in [-0.25, -0.2) is 0 Å². The van der Waals surface area contributed by atoms with Gasteiger partial charge in [0.05, 0.1) is 6.10 Å². The fourth-order valence-corrected chi connectivity index (χ4v) is 3.10. The molecule has 1 saturated heterocycles. The van der Waals surface area contributed by atoms with Crippen molar-refractivity contribution in [3.63, 3.8) is 0 Å². The number of rotatable bonds is 2. The van der Waals surface area contributed by atoms with Gasteiger partial charge in [-0.2, -0.15) is 0 Å². The van der Waals surface area contributed by atoms with Crippen LogP contribution in [0.4, 0.5) is 0 Å². The lowest BCUT2D eigenvalue weighted by Gasteiger charge is -2.39. The van der Waals surface area contributed by atoms with E-state index in [2.05, 4.69) is 5.32 Å². The van der Waals surface area contributed by atoms with Crippen LogP contribution in [0, 0.1) is 0 Å². The maximum atomic E-state index is 6.21. The molecule has 1 aromatic carbocycles. The molecule has 1 fully saturated rings. The molecule has 1 N–H and O–H groups in total. The monoisotopic (exact) mass is 267 g/mol. The van der Waals surface area contributed by atoms with E-state index in [4.69, 9.17) is 21.1 Å². The molecular weight excluding hydrogens is 250 g/mol. The predicted octanol–water partition coefficient (Wildman–Crippen LogP) is 2.93. The lowest BCUT2D eigenvalue weighted by atomic mass is 9.88. The Kier molecular flexibility index (Phi) is 3.22. The molecule has 0 amide bonds. The summed E-state index contributed by atoms with van der Waals surface area (Å²) in [4.78, 5) is 0.